The summed E-state index contributed by atoms with van der Waals surface area (Å²) >= 11 is 0. The van der Waals surface area contributed by atoms with E-state index in [4.69, 9.17) is 4.74 Å². The fourth-order valence-electron chi connectivity index (χ4n) is 1.11. The molecule has 4 heteroatoms. The lowest BCUT2D eigenvalue weighted by atomic mass is 10.2. The predicted octanol–water partition coefficient (Wildman–Crippen LogP) is 0.773. The highest BCUT2D eigenvalue weighted by Crippen LogP contribution is 1.92. The minimum absolute atomic E-state index is 0.0539. The topological polar surface area (TPSA) is 50.4 Å². The van der Waals surface area contributed by atoms with Crippen molar-refractivity contribution in [1.82, 2.24) is 10.6 Å². The monoisotopic (exact) mass is 216 g/mol. The zero-order valence-electron chi connectivity index (χ0n) is 10.3. The second kappa shape index (κ2) is 8.68. The molecule has 0 rings (SSSR count). The van der Waals surface area contributed by atoms with Crippen molar-refractivity contribution in [1.29, 1.82) is 0 Å². The highest BCUT2D eigenvalue weighted by atomic mass is 16.5. The lowest BCUT2D eigenvalue weighted by molar-refractivity contribution is -0.120. The van der Waals surface area contributed by atoms with Crippen molar-refractivity contribution in [3.05, 3.63) is 0 Å². The maximum atomic E-state index is 11.4. The molecule has 2 atom stereocenters. The molecule has 0 aromatic heterocycles. The van der Waals surface area contributed by atoms with Gasteiger partial charge in [0.05, 0.1) is 13.2 Å². The molecule has 2 unspecified atom stereocenters. The summed E-state index contributed by atoms with van der Waals surface area (Å²) in [5, 5.41) is 6.01. The smallest absolute Gasteiger partial charge is 0.233 e. The number of nitrogens with one attached hydrogen (secondary N) is 2. The number of methoxy groups -OCH3 is 1. The molecular weight excluding hydrogens is 192 g/mol. The van der Waals surface area contributed by atoms with Crippen molar-refractivity contribution in [2.45, 2.75) is 33.2 Å². The molecule has 0 aromatic carbocycles. The summed E-state index contributed by atoms with van der Waals surface area (Å²) in [5.41, 5.74) is 0. The first-order valence-corrected chi connectivity index (χ1v) is 5.59. The van der Waals surface area contributed by atoms with Crippen LogP contribution < -0.4 is 10.6 Å². The van der Waals surface area contributed by atoms with Crippen LogP contribution in [-0.2, 0) is 9.53 Å². The first kappa shape index (κ1) is 14.4. The van der Waals surface area contributed by atoms with Gasteiger partial charge in [-0.05, 0) is 19.3 Å². The molecule has 90 valence electrons. The summed E-state index contributed by atoms with van der Waals surface area (Å²) in [6.45, 7) is 7.96. The van der Waals surface area contributed by atoms with Crippen LogP contribution >= 0.6 is 0 Å². The molecule has 0 spiro atoms. The number of carbonyl (C=O) groups is 1. The van der Waals surface area contributed by atoms with Crippen LogP contribution in [-0.4, -0.2) is 38.8 Å². The molecule has 0 bridgehead atoms. The Kier molecular flexibility index (Phi) is 8.33. The zero-order chi connectivity index (χ0) is 11.7. The van der Waals surface area contributed by atoms with Gasteiger partial charge in [0.15, 0.2) is 0 Å². The van der Waals surface area contributed by atoms with Gasteiger partial charge in [0.2, 0.25) is 5.91 Å². The van der Waals surface area contributed by atoms with Crippen molar-refractivity contribution in [2.75, 3.05) is 26.8 Å². The Morgan fingerprint density at radius 2 is 2.07 bits per heavy atom. The number of hydrogen-bond acceptors (Lipinski definition) is 3. The summed E-state index contributed by atoms with van der Waals surface area (Å²) in [4.78, 5) is 11.4. The molecule has 0 aromatic rings. The fraction of sp³-hybridized carbons (Fsp3) is 0.909. The van der Waals surface area contributed by atoms with Crippen LogP contribution in [0.25, 0.3) is 0 Å². The van der Waals surface area contributed by atoms with Crippen molar-refractivity contribution >= 4 is 5.91 Å². The summed E-state index contributed by atoms with van der Waals surface area (Å²) in [7, 11) is 1.67. The second-order valence-electron chi connectivity index (χ2n) is 4.05. The summed E-state index contributed by atoms with van der Waals surface area (Å²) in [6, 6.07) is 0.396. The maximum absolute atomic E-state index is 11.4. The Balaban J connectivity index is 3.48. The Bertz CT molecular complexity index is 174. The van der Waals surface area contributed by atoms with E-state index in [1.165, 1.54) is 0 Å². The molecule has 0 fully saturated rings. The van der Waals surface area contributed by atoms with Gasteiger partial charge in [-0.1, -0.05) is 13.8 Å². The summed E-state index contributed by atoms with van der Waals surface area (Å²) in [5.74, 6) is 0.417. The van der Waals surface area contributed by atoms with E-state index in [1.54, 1.807) is 7.11 Å². The van der Waals surface area contributed by atoms with E-state index in [0.29, 0.717) is 31.7 Å². The predicted molar refractivity (Wildman–Crippen MR) is 61.8 cm³/mol. The maximum Gasteiger partial charge on any atom is 0.233 e. The molecule has 0 radical (unpaired) electrons. The highest BCUT2D eigenvalue weighted by molar-refractivity contribution is 5.77. The van der Waals surface area contributed by atoms with Crippen molar-refractivity contribution in [3.8, 4) is 0 Å². The Hall–Kier alpha value is -0.610. The average Bonchev–Trinajstić information content (AvgIpc) is 2.23. The van der Waals surface area contributed by atoms with Crippen LogP contribution in [0.1, 0.15) is 27.2 Å². The van der Waals surface area contributed by atoms with Gasteiger partial charge < -0.3 is 15.4 Å². The van der Waals surface area contributed by atoms with Crippen molar-refractivity contribution in [2.24, 2.45) is 5.92 Å². The molecular formula is C11H24N2O2. The first-order chi connectivity index (χ1) is 7.10. The van der Waals surface area contributed by atoms with Crippen LogP contribution in [0.5, 0.6) is 0 Å². The summed E-state index contributed by atoms with van der Waals surface area (Å²) < 4.78 is 4.98. The Morgan fingerprint density at radius 3 is 2.60 bits per heavy atom. The molecule has 4 nitrogen and oxygen atoms in total. The van der Waals surface area contributed by atoms with Gasteiger partial charge in [-0.3, -0.25) is 4.79 Å². The number of hydrogen-bond donors (Lipinski definition) is 2. The van der Waals surface area contributed by atoms with Crippen molar-refractivity contribution in [3.63, 3.8) is 0 Å². The van der Waals surface area contributed by atoms with Crippen molar-refractivity contribution < 1.29 is 9.53 Å². The average molecular weight is 216 g/mol. The third kappa shape index (κ3) is 8.39. The second-order valence-corrected chi connectivity index (χ2v) is 4.05. The van der Waals surface area contributed by atoms with Gasteiger partial charge in [-0.2, -0.15) is 0 Å². The van der Waals surface area contributed by atoms with Crippen LogP contribution in [0, 0.1) is 5.92 Å². The van der Waals surface area contributed by atoms with Gasteiger partial charge in [0.25, 0.3) is 0 Å². The van der Waals surface area contributed by atoms with E-state index >= 15 is 0 Å². The Labute approximate surface area is 92.8 Å². The lowest BCUT2D eigenvalue weighted by Crippen LogP contribution is -2.39. The van der Waals surface area contributed by atoms with E-state index in [9.17, 15) is 4.79 Å². The van der Waals surface area contributed by atoms with Gasteiger partial charge >= 0.3 is 0 Å². The summed E-state index contributed by atoms with van der Waals surface area (Å²) in [6.07, 6.45) is 1.04. The lowest BCUT2D eigenvalue weighted by Gasteiger charge is -2.13. The number of rotatable bonds is 8. The van der Waals surface area contributed by atoms with Crippen LogP contribution in [0.15, 0.2) is 0 Å². The van der Waals surface area contributed by atoms with Gasteiger partial charge in [0, 0.05) is 19.7 Å². The van der Waals surface area contributed by atoms with E-state index in [2.05, 4.69) is 24.5 Å². The van der Waals surface area contributed by atoms with E-state index in [1.807, 2.05) is 6.92 Å². The molecule has 0 aliphatic heterocycles. The molecule has 0 saturated heterocycles. The molecule has 0 saturated carbocycles. The third-order valence-corrected chi connectivity index (χ3v) is 2.32. The molecule has 0 aliphatic carbocycles. The molecule has 0 aliphatic rings. The minimum atomic E-state index is 0.0539. The standard InChI is InChI=1S/C11H24N2O2/c1-5-10(3)12-7-11(14)13-6-9(2)8-15-4/h9-10,12H,5-8H2,1-4H3,(H,13,14). The molecule has 0 heterocycles. The highest BCUT2D eigenvalue weighted by Gasteiger charge is 2.06. The third-order valence-electron chi connectivity index (χ3n) is 2.32. The largest absolute Gasteiger partial charge is 0.384 e. The van der Waals surface area contributed by atoms with Crippen LogP contribution in [0.3, 0.4) is 0 Å². The van der Waals surface area contributed by atoms with Gasteiger partial charge in [0.1, 0.15) is 0 Å². The van der Waals surface area contributed by atoms with Crippen LogP contribution in [0.4, 0.5) is 0 Å². The number of amides is 1. The quantitative estimate of drug-likeness (QED) is 0.630. The SMILES string of the molecule is CCC(C)NCC(=O)NCC(C)COC. The normalized spacial score (nSPS) is 14.7. The fourth-order valence-corrected chi connectivity index (χ4v) is 1.11. The van der Waals surface area contributed by atoms with E-state index in [-0.39, 0.29) is 5.91 Å². The van der Waals surface area contributed by atoms with Crippen LogP contribution in [0.2, 0.25) is 0 Å². The number of carbonyl (C=O) groups excluding carboxylic acids is 1. The number of ether oxygens (including phenoxy) is 1. The first-order valence-electron chi connectivity index (χ1n) is 5.59. The molecule has 1 amide bonds. The molecule has 2 N–H and O–H groups in total. The van der Waals surface area contributed by atoms with E-state index in [0.717, 1.165) is 6.42 Å². The Morgan fingerprint density at radius 1 is 1.40 bits per heavy atom. The van der Waals surface area contributed by atoms with E-state index < -0.39 is 0 Å². The zero-order valence-corrected chi connectivity index (χ0v) is 10.3. The minimum Gasteiger partial charge on any atom is -0.384 e. The molecule has 15 heavy (non-hydrogen) atoms. The van der Waals surface area contributed by atoms with Gasteiger partial charge in [-0.25, -0.2) is 0 Å². The van der Waals surface area contributed by atoms with Gasteiger partial charge in [-0.15, -0.1) is 0 Å².